The second kappa shape index (κ2) is 5.83. The van der Waals surface area contributed by atoms with E-state index >= 15 is 0 Å². The summed E-state index contributed by atoms with van der Waals surface area (Å²) in [7, 11) is 3.75. The minimum Gasteiger partial charge on any atom is -0.373 e. The third-order valence-corrected chi connectivity index (χ3v) is 4.12. The summed E-state index contributed by atoms with van der Waals surface area (Å²) in [5, 5.41) is 11.0. The maximum Gasteiger partial charge on any atom is 0.191 e. The SMILES string of the molecule is CN=C(NCCc1cnn(C)c1)NC1CC2CCC1O2. The maximum absolute atomic E-state index is 5.85. The number of hydrogen-bond acceptors (Lipinski definition) is 3. The number of nitrogens with one attached hydrogen (secondary N) is 2. The molecule has 6 heteroatoms. The lowest BCUT2D eigenvalue weighted by atomic mass is 9.96. The lowest BCUT2D eigenvalue weighted by Gasteiger charge is -2.22. The highest BCUT2D eigenvalue weighted by Crippen LogP contribution is 2.34. The molecule has 110 valence electrons. The van der Waals surface area contributed by atoms with E-state index in [1.807, 2.05) is 31.2 Å². The Bertz CT molecular complexity index is 484. The van der Waals surface area contributed by atoms with Crippen molar-refractivity contribution in [3.05, 3.63) is 18.0 Å². The maximum atomic E-state index is 5.85. The van der Waals surface area contributed by atoms with Crippen LogP contribution in [0.25, 0.3) is 0 Å². The van der Waals surface area contributed by atoms with Gasteiger partial charge in [-0.3, -0.25) is 9.67 Å². The largest absolute Gasteiger partial charge is 0.373 e. The van der Waals surface area contributed by atoms with Gasteiger partial charge in [0, 0.05) is 26.8 Å². The van der Waals surface area contributed by atoms with E-state index < -0.39 is 0 Å². The molecule has 3 heterocycles. The Labute approximate surface area is 119 Å². The molecule has 0 saturated carbocycles. The van der Waals surface area contributed by atoms with Crippen molar-refractivity contribution in [2.75, 3.05) is 13.6 Å². The Morgan fingerprint density at radius 2 is 2.45 bits per heavy atom. The molecule has 0 amide bonds. The van der Waals surface area contributed by atoms with E-state index in [1.165, 1.54) is 18.4 Å². The van der Waals surface area contributed by atoms with Gasteiger partial charge in [-0.05, 0) is 31.2 Å². The molecule has 0 radical (unpaired) electrons. The molecular weight excluding hydrogens is 254 g/mol. The lowest BCUT2D eigenvalue weighted by Crippen LogP contribution is -2.47. The van der Waals surface area contributed by atoms with E-state index in [1.54, 1.807) is 0 Å². The first-order chi connectivity index (χ1) is 9.74. The highest BCUT2D eigenvalue weighted by molar-refractivity contribution is 5.80. The molecule has 2 saturated heterocycles. The zero-order valence-electron chi connectivity index (χ0n) is 12.2. The van der Waals surface area contributed by atoms with Crippen LogP contribution in [0.15, 0.2) is 17.4 Å². The predicted octanol–water partition coefficient (Wildman–Crippen LogP) is 0.448. The van der Waals surface area contributed by atoms with Gasteiger partial charge >= 0.3 is 0 Å². The zero-order valence-corrected chi connectivity index (χ0v) is 12.2. The molecule has 2 bridgehead atoms. The first-order valence-corrected chi connectivity index (χ1v) is 7.35. The van der Waals surface area contributed by atoms with Gasteiger partial charge in [0.15, 0.2) is 5.96 Å². The molecule has 3 atom stereocenters. The lowest BCUT2D eigenvalue weighted by molar-refractivity contribution is 0.0992. The van der Waals surface area contributed by atoms with E-state index in [9.17, 15) is 0 Å². The summed E-state index contributed by atoms with van der Waals surface area (Å²) < 4.78 is 7.68. The quantitative estimate of drug-likeness (QED) is 0.619. The van der Waals surface area contributed by atoms with Gasteiger partial charge in [-0.2, -0.15) is 5.10 Å². The number of nitrogens with zero attached hydrogens (tertiary/aromatic N) is 3. The standard InChI is InChI=1S/C14H23N5O/c1-15-14(16-6-5-10-8-17-19(2)9-10)18-12-7-11-3-4-13(12)20-11/h8-9,11-13H,3-7H2,1-2H3,(H2,15,16,18). The molecule has 3 unspecified atom stereocenters. The third-order valence-electron chi connectivity index (χ3n) is 4.12. The van der Waals surface area contributed by atoms with Crippen LogP contribution >= 0.6 is 0 Å². The van der Waals surface area contributed by atoms with Gasteiger partial charge in [0.2, 0.25) is 0 Å². The highest BCUT2D eigenvalue weighted by Gasteiger charge is 2.41. The van der Waals surface area contributed by atoms with Crippen molar-refractivity contribution in [2.45, 2.75) is 43.9 Å². The van der Waals surface area contributed by atoms with Crippen LogP contribution in [0.5, 0.6) is 0 Å². The first-order valence-electron chi connectivity index (χ1n) is 7.35. The molecule has 3 rings (SSSR count). The summed E-state index contributed by atoms with van der Waals surface area (Å²) >= 11 is 0. The second-order valence-electron chi connectivity index (χ2n) is 5.63. The van der Waals surface area contributed by atoms with Crippen molar-refractivity contribution in [3.8, 4) is 0 Å². The van der Waals surface area contributed by atoms with Gasteiger partial charge in [0.05, 0.1) is 24.4 Å². The fourth-order valence-corrected chi connectivity index (χ4v) is 3.09. The minimum absolute atomic E-state index is 0.372. The summed E-state index contributed by atoms with van der Waals surface area (Å²) in [6, 6.07) is 0.415. The van der Waals surface area contributed by atoms with Crippen molar-refractivity contribution < 1.29 is 4.74 Å². The Morgan fingerprint density at radius 1 is 1.55 bits per heavy atom. The summed E-state index contributed by atoms with van der Waals surface area (Å²) in [6.45, 7) is 0.854. The molecule has 0 aliphatic carbocycles. The van der Waals surface area contributed by atoms with Crippen LogP contribution in [0.2, 0.25) is 0 Å². The molecule has 6 nitrogen and oxygen atoms in total. The van der Waals surface area contributed by atoms with E-state index in [4.69, 9.17) is 4.74 Å². The number of fused-ring (bicyclic) bond motifs is 2. The topological polar surface area (TPSA) is 63.5 Å². The average Bonchev–Trinajstić information content (AvgIpc) is 3.14. The number of rotatable bonds is 4. The van der Waals surface area contributed by atoms with Crippen LogP contribution in [0.1, 0.15) is 24.8 Å². The summed E-state index contributed by atoms with van der Waals surface area (Å²) in [4.78, 5) is 4.29. The number of hydrogen-bond donors (Lipinski definition) is 2. The Kier molecular flexibility index (Phi) is 3.91. The number of aryl methyl sites for hydroxylation is 1. The molecular formula is C14H23N5O. The van der Waals surface area contributed by atoms with E-state index in [0.29, 0.717) is 18.2 Å². The molecule has 2 N–H and O–H groups in total. The summed E-state index contributed by atoms with van der Waals surface area (Å²) in [5.74, 6) is 0.870. The normalized spacial score (nSPS) is 28.9. The van der Waals surface area contributed by atoms with Crippen LogP contribution in [0, 0.1) is 0 Å². The minimum atomic E-state index is 0.372. The van der Waals surface area contributed by atoms with E-state index in [-0.39, 0.29) is 0 Å². The summed E-state index contributed by atoms with van der Waals surface area (Å²) in [5.41, 5.74) is 1.23. The molecule has 20 heavy (non-hydrogen) atoms. The molecule has 1 aromatic heterocycles. The van der Waals surface area contributed by atoms with E-state index in [0.717, 1.165) is 25.3 Å². The van der Waals surface area contributed by atoms with Crippen LogP contribution in [0.4, 0.5) is 0 Å². The van der Waals surface area contributed by atoms with Gasteiger partial charge in [-0.25, -0.2) is 0 Å². The van der Waals surface area contributed by atoms with E-state index in [2.05, 4.69) is 20.7 Å². The average molecular weight is 277 g/mol. The van der Waals surface area contributed by atoms with Gasteiger partial charge in [0.25, 0.3) is 0 Å². The molecule has 1 aromatic rings. The van der Waals surface area contributed by atoms with Crippen molar-refractivity contribution >= 4 is 5.96 Å². The predicted molar refractivity (Wildman–Crippen MR) is 77.7 cm³/mol. The zero-order chi connectivity index (χ0) is 13.9. The van der Waals surface area contributed by atoms with Crippen LogP contribution in [0.3, 0.4) is 0 Å². The molecule has 2 fully saturated rings. The Balaban J connectivity index is 1.43. The van der Waals surface area contributed by atoms with Gasteiger partial charge in [0.1, 0.15) is 0 Å². The van der Waals surface area contributed by atoms with Crippen molar-refractivity contribution in [1.29, 1.82) is 0 Å². The molecule has 0 aromatic carbocycles. The number of aliphatic imine (C=N–C) groups is 1. The number of guanidine groups is 1. The molecule has 2 aliphatic rings. The summed E-state index contributed by atoms with van der Waals surface area (Å²) in [6.07, 6.45) is 9.23. The van der Waals surface area contributed by atoms with Gasteiger partial charge in [-0.15, -0.1) is 0 Å². The third kappa shape index (κ3) is 2.95. The highest BCUT2D eigenvalue weighted by atomic mass is 16.5. The van der Waals surface area contributed by atoms with Crippen LogP contribution in [-0.2, 0) is 18.2 Å². The smallest absolute Gasteiger partial charge is 0.191 e. The van der Waals surface area contributed by atoms with Crippen molar-refractivity contribution in [3.63, 3.8) is 0 Å². The number of ether oxygens (including phenoxy) is 1. The monoisotopic (exact) mass is 277 g/mol. The van der Waals surface area contributed by atoms with Crippen molar-refractivity contribution in [1.82, 2.24) is 20.4 Å². The fraction of sp³-hybridized carbons (Fsp3) is 0.714. The molecule has 0 spiro atoms. The Morgan fingerprint density at radius 3 is 3.05 bits per heavy atom. The Hall–Kier alpha value is -1.56. The van der Waals surface area contributed by atoms with Gasteiger partial charge in [-0.1, -0.05) is 0 Å². The van der Waals surface area contributed by atoms with Gasteiger partial charge < -0.3 is 15.4 Å². The first kappa shape index (κ1) is 13.4. The fourth-order valence-electron chi connectivity index (χ4n) is 3.09. The van der Waals surface area contributed by atoms with Crippen LogP contribution in [-0.4, -0.2) is 47.6 Å². The van der Waals surface area contributed by atoms with Crippen molar-refractivity contribution in [2.24, 2.45) is 12.0 Å². The second-order valence-corrected chi connectivity index (χ2v) is 5.63. The van der Waals surface area contributed by atoms with Crippen LogP contribution < -0.4 is 10.6 Å². The molecule has 2 aliphatic heterocycles. The number of aromatic nitrogens is 2.